The van der Waals surface area contributed by atoms with Crippen LogP contribution in [-0.2, 0) is 0 Å². The molecule has 0 aromatic heterocycles. The third kappa shape index (κ3) is 3.16. The molecule has 0 aliphatic heterocycles. The number of hydrogen-bond donors (Lipinski definition) is 0. The van der Waals surface area contributed by atoms with Crippen LogP contribution in [0.5, 0.6) is 0 Å². The highest BCUT2D eigenvalue weighted by atomic mass is 14.4. The second kappa shape index (κ2) is 4.30. The molecule has 1 saturated carbocycles. The van der Waals surface area contributed by atoms with Crippen LogP contribution in [0.15, 0.2) is 0 Å². The van der Waals surface area contributed by atoms with Crippen LogP contribution in [0.25, 0.3) is 0 Å². The van der Waals surface area contributed by atoms with Crippen molar-refractivity contribution in [3.63, 3.8) is 0 Å². The average molecular weight is 168 g/mol. The van der Waals surface area contributed by atoms with E-state index in [1.165, 1.54) is 44.9 Å². The molecule has 0 heteroatoms. The summed E-state index contributed by atoms with van der Waals surface area (Å²) in [5, 5.41) is 0. The van der Waals surface area contributed by atoms with E-state index in [4.69, 9.17) is 0 Å². The lowest BCUT2D eigenvalue weighted by Gasteiger charge is -2.16. The minimum absolute atomic E-state index is 0.779. The maximum atomic E-state index is 2.45. The molecule has 12 heavy (non-hydrogen) atoms. The van der Waals surface area contributed by atoms with Crippen LogP contribution in [0.1, 0.15) is 65.7 Å². The Morgan fingerprint density at radius 1 is 1.17 bits per heavy atom. The van der Waals surface area contributed by atoms with Crippen molar-refractivity contribution < 1.29 is 0 Å². The summed E-state index contributed by atoms with van der Waals surface area (Å²) in [7, 11) is 0. The van der Waals surface area contributed by atoms with Crippen LogP contribution < -0.4 is 0 Å². The van der Waals surface area contributed by atoms with Crippen LogP contribution >= 0.6 is 0 Å². The highest BCUT2D eigenvalue weighted by molar-refractivity contribution is 4.88. The summed E-state index contributed by atoms with van der Waals surface area (Å²) in [6.07, 6.45) is 10.2. The maximum Gasteiger partial charge on any atom is -0.0325 e. The molecule has 0 heterocycles. The standard InChI is InChI=1S/C12H24/c1-4-6-11(5-2)7-8-12(3)9-10-12/h11H,4-10H2,1-3H3. The van der Waals surface area contributed by atoms with Gasteiger partial charge in [-0.2, -0.15) is 0 Å². The molecular formula is C12H24. The molecule has 0 radical (unpaired) electrons. The van der Waals surface area contributed by atoms with Crippen LogP contribution in [0.3, 0.4) is 0 Å². The molecule has 1 unspecified atom stereocenters. The van der Waals surface area contributed by atoms with E-state index in [-0.39, 0.29) is 0 Å². The minimum Gasteiger partial charge on any atom is -0.0654 e. The molecule has 0 saturated heterocycles. The zero-order valence-corrected chi connectivity index (χ0v) is 9.03. The summed E-state index contributed by atoms with van der Waals surface area (Å²) >= 11 is 0. The Bertz CT molecular complexity index is 122. The Labute approximate surface area is 77.7 Å². The van der Waals surface area contributed by atoms with Crippen molar-refractivity contribution in [2.75, 3.05) is 0 Å². The molecule has 1 aliphatic carbocycles. The zero-order valence-electron chi connectivity index (χ0n) is 9.03. The predicted octanol–water partition coefficient (Wildman–Crippen LogP) is 4.39. The van der Waals surface area contributed by atoms with E-state index in [9.17, 15) is 0 Å². The molecule has 0 amide bonds. The normalized spacial score (nSPS) is 22.2. The van der Waals surface area contributed by atoms with Crippen molar-refractivity contribution in [1.29, 1.82) is 0 Å². The first kappa shape index (κ1) is 10.1. The van der Waals surface area contributed by atoms with E-state index in [0.29, 0.717) is 0 Å². The van der Waals surface area contributed by atoms with Gasteiger partial charge in [-0.3, -0.25) is 0 Å². The van der Waals surface area contributed by atoms with Gasteiger partial charge in [0.2, 0.25) is 0 Å². The van der Waals surface area contributed by atoms with E-state index in [1.807, 2.05) is 0 Å². The molecule has 0 bridgehead atoms. The van der Waals surface area contributed by atoms with Crippen molar-refractivity contribution >= 4 is 0 Å². The average Bonchev–Trinajstić information content (AvgIpc) is 2.78. The Kier molecular flexibility index (Phi) is 3.61. The third-order valence-corrected chi connectivity index (χ3v) is 3.53. The fourth-order valence-electron chi connectivity index (χ4n) is 1.98. The van der Waals surface area contributed by atoms with Gasteiger partial charge in [-0.25, -0.2) is 0 Å². The summed E-state index contributed by atoms with van der Waals surface area (Å²) < 4.78 is 0. The van der Waals surface area contributed by atoms with Gasteiger partial charge >= 0.3 is 0 Å². The van der Waals surface area contributed by atoms with Crippen molar-refractivity contribution in [1.82, 2.24) is 0 Å². The molecule has 0 N–H and O–H groups in total. The minimum atomic E-state index is 0.779. The van der Waals surface area contributed by atoms with Crippen LogP contribution in [0.4, 0.5) is 0 Å². The van der Waals surface area contributed by atoms with Crippen molar-refractivity contribution in [2.45, 2.75) is 65.7 Å². The first-order valence-corrected chi connectivity index (χ1v) is 5.70. The molecule has 1 fully saturated rings. The lowest BCUT2D eigenvalue weighted by atomic mass is 9.90. The van der Waals surface area contributed by atoms with Crippen LogP contribution in [0, 0.1) is 11.3 Å². The van der Waals surface area contributed by atoms with Gasteiger partial charge in [-0.1, -0.05) is 40.0 Å². The Hall–Kier alpha value is 0. The first-order valence-electron chi connectivity index (χ1n) is 5.70. The summed E-state index contributed by atoms with van der Waals surface area (Å²) in [5.41, 5.74) is 0.779. The topological polar surface area (TPSA) is 0 Å². The van der Waals surface area contributed by atoms with Gasteiger partial charge in [0, 0.05) is 0 Å². The second-order valence-electron chi connectivity index (χ2n) is 4.91. The Balaban J connectivity index is 2.10. The van der Waals surface area contributed by atoms with E-state index in [2.05, 4.69) is 20.8 Å². The molecule has 0 spiro atoms. The van der Waals surface area contributed by atoms with Crippen LogP contribution in [-0.4, -0.2) is 0 Å². The van der Waals surface area contributed by atoms with E-state index in [1.54, 1.807) is 0 Å². The molecule has 0 aromatic rings. The second-order valence-corrected chi connectivity index (χ2v) is 4.91. The number of hydrogen-bond acceptors (Lipinski definition) is 0. The molecule has 0 nitrogen and oxygen atoms in total. The van der Waals surface area contributed by atoms with Crippen molar-refractivity contribution in [2.24, 2.45) is 11.3 Å². The van der Waals surface area contributed by atoms with Crippen molar-refractivity contribution in [3.05, 3.63) is 0 Å². The maximum absolute atomic E-state index is 2.45. The van der Waals surface area contributed by atoms with Gasteiger partial charge in [0.05, 0.1) is 0 Å². The summed E-state index contributed by atoms with van der Waals surface area (Å²) in [5.74, 6) is 1.02. The van der Waals surface area contributed by atoms with Gasteiger partial charge in [-0.15, -0.1) is 0 Å². The molecule has 1 aliphatic rings. The summed E-state index contributed by atoms with van der Waals surface area (Å²) in [4.78, 5) is 0. The van der Waals surface area contributed by atoms with E-state index < -0.39 is 0 Å². The third-order valence-electron chi connectivity index (χ3n) is 3.53. The summed E-state index contributed by atoms with van der Waals surface area (Å²) in [6.45, 7) is 7.10. The fraction of sp³-hybridized carbons (Fsp3) is 1.00. The lowest BCUT2D eigenvalue weighted by molar-refractivity contribution is 0.367. The highest BCUT2D eigenvalue weighted by Gasteiger charge is 2.36. The van der Waals surface area contributed by atoms with Gasteiger partial charge in [-0.05, 0) is 37.0 Å². The van der Waals surface area contributed by atoms with Crippen LogP contribution in [0.2, 0.25) is 0 Å². The van der Waals surface area contributed by atoms with E-state index in [0.717, 1.165) is 11.3 Å². The molecule has 1 rings (SSSR count). The van der Waals surface area contributed by atoms with Crippen molar-refractivity contribution in [3.8, 4) is 0 Å². The molecule has 0 aromatic carbocycles. The quantitative estimate of drug-likeness (QED) is 0.551. The molecule has 72 valence electrons. The Morgan fingerprint density at radius 2 is 1.83 bits per heavy atom. The molecule has 1 atom stereocenters. The van der Waals surface area contributed by atoms with Gasteiger partial charge in [0.25, 0.3) is 0 Å². The zero-order chi connectivity index (χ0) is 9.03. The van der Waals surface area contributed by atoms with Gasteiger partial charge in [0.1, 0.15) is 0 Å². The smallest absolute Gasteiger partial charge is 0.0325 e. The SMILES string of the molecule is CCCC(CC)CCC1(C)CC1. The van der Waals surface area contributed by atoms with Gasteiger partial charge in [0.15, 0.2) is 0 Å². The monoisotopic (exact) mass is 168 g/mol. The lowest BCUT2D eigenvalue weighted by Crippen LogP contribution is -2.02. The van der Waals surface area contributed by atoms with Gasteiger partial charge < -0.3 is 0 Å². The highest BCUT2D eigenvalue weighted by Crippen LogP contribution is 2.49. The first-order chi connectivity index (χ1) is 5.70. The number of rotatable bonds is 6. The molecular weight excluding hydrogens is 144 g/mol. The predicted molar refractivity (Wildman–Crippen MR) is 55.3 cm³/mol. The summed E-state index contributed by atoms with van der Waals surface area (Å²) in [6, 6.07) is 0. The largest absolute Gasteiger partial charge is 0.0654 e. The Morgan fingerprint density at radius 3 is 2.25 bits per heavy atom. The fourth-order valence-corrected chi connectivity index (χ4v) is 1.98. The van der Waals surface area contributed by atoms with E-state index >= 15 is 0 Å².